The summed E-state index contributed by atoms with van der Waals surface area (Å²) in [5, 5.41) is 3.47. The largest absolute Gasteiger partial charge is 0.481 e. The number of hydrogen-bond donors (Lipinski definition) is 1. The molecule has 2 rings (SSSR count). The van der Waals surface area contributed by atoms with Crippen molar-refractivity contribution >= 4 is 0 Å². The van der Waals surface area contributed by atoms with E-state index in [1.54, 1.807) is 7.11 Å². The molecule has 1 N–H and O–H groups in total. The lowest BCUT2D eigenvalue weighted by atomic mass is 10.1. The van der Waals surface area contributed by atoms with E-state index in [4.69, 9.17) is 9.47 Å². The standard InChI is InChI=1S/C13H20N2O2/c1-10(12-4-3-7-17-12)14-8-11-5-6-13(16-2)15-9-11/h5-6,9-10,12,14H,3-4,7-8H2,1-2H3/t10-,12+/m1/s1. The maximum atomic E-state index is 5.64. The molecule has 1 fully saturated rings. The van der Waals surface area contributed by atoms with Crippen molar-refractivity contribution in [2.24, 2.45) is 0 Å². The maximum absolute atomic E-state index is 5.64. The summed E-state index contributed by atoms with van der Waals surface area (Å²) < 4.78 is 10.7. The molecule has 4 nitrogen and oxygen atoms in total. The zero-order valence-electron chi connectivity index (χ0n) is 10.5. The van der Waals surface area contributed by atoms with E-state index in [2.05, 4.69) is 17.2 Å². The number of pyridine rings is 1. The van der Waals surface area contributed by atoms with E-state index in [1.165, 1.54) is 6.42 Å². The van der Waals surface area contributed by atoms with Crippen LogP contribution in [0.25, 0.3) is 0 Å². The van der Waals surface area contributed by atoms with Crippen molar-refractivity contribution in [1.82, 2.24) is 10.3 Å². The third-order valence-corrected chi connectivity index (χ3v) is 3.16. The number of rotatable bonds is 5. The lowest BCUT2D eigenvalue weighted by Gasteiger charge is -2.19. The van der Waals surface area contributed by atoms with Gasteiger partial charge in [0.15, 0.2) is 0 Å². The molecule has 1 saturated heterocycles. The van der Waals surface area contributed by atoms with Crippen LogP contribution in [0.5, 0.6) is 5.88 Å². The van der Waals surface area contributed by atoms with Crippen LogP contribution >= 0.6 is 0 Å². The third kappa shape index (κ3) is 3.41. The Morgan fingerprint density at radius 2 is 2.47 bits per heavy atom. The molecule has 1 aliphatic heterocycles. The molecule has 1 aromatic rings. The highest BCUT2D eigenvalue weighted by Gasteiger charge is 2.21. The Morgan fingerprint density at radius 1 is 1.59 bits per heavy atom. The monoisotopic (exact) mass is 236 g/mol. The number of hydrogen-bond acceptors (Lipinski definition) is 4. The summed E-state index contributed by atoms with van der Waals surface area (Å²) in [6.07, 6.45) is 4.55. The molecule has 0 amide bonds. The fourth-order valence-electron chi connectivity index (χ4n) is 2.04. The Balaban J connectivity index is 1.80. The Morgan fingerprint density at radius 3 is 3.06 bits per heavy atom. The average molecular weight is 236 g/mol. The van der Waals surface area contributed by atoms with Crippen LogP contribution in [-0.2, 0) is 11.3 Å². The summed E-state index contributed by atoms with van der Waals surface area (Å²) in [5.74, 6) is 0.654. The molecular formula is C13H20N2O2. The van der Waals surface area contributed by atoms with E-state index >= 15 is 0 Å². The molecule has 0 bridgehead atoms. The van der Waals surface area contributed by atoms with Gasteiger partial charge in [-0.15, -0.1) is 0 Å². The van der Waals surface area contributed by atoms with E-state index in [-0.39, 0.29) is 0 Å². The molecule has 4 heteroatoms. The van der Waals surface area contributed by atoms with Gasteiger partial charge in [-0.2, -0.15) is 0 Å². The quantitative estimate of drug-likeness (QED) is 0.846. The third-order valence-electron chi connectivity index (χ3n) is 3.16. The fourth-order valence-corrected chi connectivity index (χ4v) is 2.04. The number of nitrogens with zero attached hydrogens (tertiary/aromatic N) is 1. The van der Waals surface area contributed by atoms with Crippen molar-refractivity contribution in [2.75, 3.05) is 13.7 Å². The zero-order valence-corrected chi connectivity index (χ0v) is 10.5. The van der Waals surface area contributed by atoms with Gasteiger partial charge < -0.3 is 14.8 Å². The lowest BCUT2D eigenvalue weighted by Crippen LogP contribution is -2.36. The smallest absolute Gasteiger partial charge is 0.212 e. The number of nitrogens with one attached hydrogen (secondary N) is 1. The molecule has 0 spiro atoms. The first-order valence-corrected chi connectivity index (χ1v) is 6.13. The van der Waals surface area contributed by atoms with Gasteiger partial charge in [-0.3, -0.25) is 0 Å². The van der Waals surface area contributed by atoms with Crippen molar-refractivity contribution < 1.29 is 9.47 Å². The first-order valence-electron chi connectivity index (χ1n) is 6.13. The second kappa shape index (κ2) is 5.98. The van der Waals surface area contributed by atoms with Gasteiger partial charge in [0.1, 0.15) is 0 Å². The SMILES string of the molecule is COc1ccc(CN[C@H](C)[C@@H]2CCCO2)cn1. The van der Waals surface area contributed by atoms with Crippen LogP contribution in [0.3, 0.4) is 0 Å². The van der Waals surface area contributed by atoms with E-state index in [1.807, 2.05) is 18.3 Å². The van der Waals surface area contributed by atoms with Crippen molar-refractivity contribution in [1.29, 1.82) is 0 Å². The summed E-state index contributed by atoms with van der Waals surface area (Å²) in [5.41, 5.74) is 1.16. The molecule has 17 heavy (non-hydrogen) atoms. The lowest BCUT2D eigenvalue weighted by molar-refractivity contribution is 0.0832. The van der Waals surface area contributed by atoms with Crippen LogP contribution in [0.4, 0.5) is 0 Å². The van der Waals surface area contributed by atoms with Gasteiger partial charge >= 0.3 is 0 Å². The predicted octanol–water partition coefficient (Wildman–Crippen LogP) is 1.75. The maximum Gasteiger partial charge on any atom is 0.212 e. The molecule has 0 unspecified atom stereocenters. The van der Waals surface area contributed by atoms with E-state index in [0.717, 1.165) is 25.1 Å². The van der Waals surface area contributed by atoms with Crippen LogP contribution in [0.1, 0.15) is 25.3 Å². The topological polar surface area (TPSA) is 43.4 Å². The van der Waals surface area contributed by atoms with E-state index < -0.39 is 0 Å². The average Bonchev–Trinajstić information content (AvgIpc) is 2.90. The van der Waals surface area contributed by atoms with Gasteiger partial charge in [-0.25, -0.2) is 4.98 Å². The summed E-state index contributed by atoms with van der Waals surface area (Å²) >= 11 is 0. The molecule has 1 aliphatic rings. The summed E-state index contributed by atoms with van der Waals surface area (Å²) in [4.78, 5) is 4.18. The van der Waals surface area contributed by atoms with Gasteiger partial charge in [-0.1, -0.05) is 6.07 Å². The summed E-state index contributed by atoms with van der Waals surface area (Å²) in [7, 11) is 1.62. The predicted molar refractivity (Wildman–Crippen MR) is 66.1 cm³/mol. The van der Waals surface area contributed by atoms with Crippen molar-refractivity contribution in [3.05, 3.63) is 23.9 Å². The molecule has 2 atom stereocenters. The fraction of sp³-hybridized carbons (Fsp3) is 0.615. The second-order valence-corrected chi connectivity index (χ2v) is 4.43. The van der Waals surface area contributed by atoms with Crippen molar-refractivity contribution in [3.63, 3.8) is 0 Å². The van der Waals surface area contributed by atoms with Crippen LogP contribution in [0.2, 0.25) is 0 Å². The highest BCUT2D eigenvalue weighted by Crippen LogP contribution is 2.15. The molecule has 0 aliphatic carbocycles. The highest BCUT2D eigenvalue weighted by molar-refractivity contribution is 5.17. The molecule has 1 aromatic heterocycles. The van der Waals surface area contributed by atoms with Crippen molar-refractivity contribution in [2.45, 2.75) is 38.5 Å². The summed E-state index contributed by atoms with van der Waals surface area (Å²) in [6.45, 7) is 3.89. The minimum Gasteiger partial charge on any atom is -0.481 e. The second-order valence-electron chi connectivity index (χ2n) is 4.43. The Bertz CT molecular complexity index is 334. The van der Waals surface area contributed by atoms with Crippen LogP contribution in [-0.4, -0.2) is 30.8 Å². The summed E-state index contributed by atoms with van der Waals surface area (Å²) in [6, 6.07) is 4.30. The zero-order chi connectivity index (χ0) is 12.1. The van der Waals surface area contributed by atoms with Crippen LogP contribution < -0.4 is 10.1 Å². The van der Waals surface area contributed by atoms with Gasteiger partial charge in [0.2, 0.25) is 5.88 Å². The molecule has 2 heterocycles. The minimum absolute atomic E-state index is 0.362. The van der Waals surface area contributed by atoms with Gasteiger partial charge in [0, 0.05) is 31.5 Å². The van der Waals surface area contributed by atoms with E-state index in [0.29, 0.717) is 18.0 Å². The Labute approximate surface area is 102 Å². The molecule has 94 valence electrons. The first-order chi connectivity index (χ1) is 8.29. The Kier molecular flexibility index (Phi) is 4.34. The minimum atomic E-state index is 0.362. The number of methoxy groups -OCH3 is 1. The Hall–Kier alpha value is -1.13. The van der Waals surface area contributed by atoms with Gasteiger partial charge in [0.25, 0.3) is 0 Å². The number of aromatic nitrogens is 1. The highest BCUT2D eigenvalue weighted by atomic mass is 16.5. The van der Waals surface area contributed by atoms with E-state index in [9.17, 15) is 0 Å². The molecule has 0 saturated carbocycles. The van der Waals surface area contributed by atoms with Gasteiger partial charge in [-0.05, 0) is 25.3 Å². The molecule has 0 radical (unpaired) electrons. The van der Waals surface area contributed by atoms with Crippen LogP contribution in [0, 0.1) is 0 Å². The normalized spacial score (nSPS) is 21.4. The number of ether oxygens (including phenoxy) is 2. The first kappa shape index (κ1) is 12.3. The molecule has 0 aromatic carbocycles. The molecular weight excluding hydrogens is 216 g/mol. The van der Waals surface area contributed by atoms with Crippen molar-refractivity contribution in [3.8, 4) is 5.88 Å². The van der Waals surface area contributed by atoms with Gasteiger partial charge in [0.05, 0.1) is 13.2 Å². The van der Waals surface area contributed by atoms with Crippen LogP contribution in [0.15, 0.2) is 18.3 Å².